The van der Waals surface area contributed by atoms with Crippen molar-refractivity contribution in [2.45, 2.75) is 44.4 Å². The number of ether oxygens (including phenoxy) is 1. The lowest BCUT2D eigenvalue weighted by Crippen LogP contribution is -2.18. The molecule has 0 amide bonds. The maximum absolute atomic E-state index is 11.3. The van der Waals surface area contributed by atoms with Crippen LogP contribution in [0.2, 0.25) is 0 Å². The first-order valence-corrected chi connectivity index (χ1v) is 6.44. The van der Waals surface area contributed by atoms with Crippen LogP contribution in [0.5, 0.6) is 0 Å². The quantitative estimate of drug-likeness (QED) is 0.422. The molecule has 2 unspecified atom stereocenters. The van der Waals surface area contributed by atoms with E-state index < -0.39 is 0 Å². The molecule has 0 saturated carbocycles. The van der Waals surface area contributed by atoms with Crippen molar-refractivity contribution in [2.24, 2.45) is 5.92 Å². The minimum Gasteiger partial charge on any atom is -0.466 e. The Balaban J connectivity index is 3.65. The highest BCUT2D eigenvalue weighted by Crippen LogP contribution is 2.19. The van der Waals surface area contributed by atoms with Gasteiger partial charge in [0.05, 0.1) is 12.5 Å². The standard InChI is InChI=1S/C11H21BrO3/c1-3-15-11(14)9(2)8-10(12)6-4-5-7-13/h9-10,13H,3-8H2,1-2H3. The number of unbranched alkanes of at least 4 members (excludes halogenated alkanes) is 1. The first-order chi connectivity index (χ1) is 7.11. The van der Waals surface area contributed by atoms with Gasteiger partial charge in [-0.1, -0.05) is 29.3 Å². The van der Waals surface area contributed by atoms with Crippen LogP contribution in [-0.4, -0.2) is 29.1 Å². The second-order valence-electron chi connectivity index (χ2n) is 3.71. The van der Waals surface area contributed by atoms with Crippen molar-refractivity contribution in [3.05, 3.63) is 0 Å². The Morgan fingerprint density at radius 1 is 1.47 bits per heavy atom. The third-order valence-corrected chi connectivity index (χ3v) is 3.06. The van der Waals surface area contributed by atoms with E-state index in [1.54, 1.807) is 0 Å². The Kier molecular flexibility index (Phi) is 9.10. The lowest BCUT2D eigenvalue weighted by atomic mass is 10.0. The fraction of sp³-hybridized carbons (Fsp3) is 0.909. The van der Waals surface area contributed by atoms with Crippen LogP contribution in [0.3, 0.4) is 0 Å². The average molecular weight is 281 g/mol. The number of aliphatic hydroxyl groups excluding tert-OH is 1. The molecular formula is C11H21BrO3. The number of esters is 1. The van der Waals surface area contributed by atoms with E-state index in [-0.39, 0.29) is 18.5 Å². The van der Waals surface area contributed by atoms with Crippen molar-refractivity contribution in [3.63, 3.8) is 0 Å². The van der Waals surface area contributed by atoms with Crippen molar-refractivity contribution in [1.82, 2.24) is 0 Å². The predicted molar refractivity (Wildman–Crippen MR) is 64.1 cm³/mol. The van der Waals surface area contributed by atoms with Crippen molar-refractivity contribution < 1.29 is 14.6 Å². The van der Waals surface area contributed by atoms with Gasteiger partial charge < -0.3 is 9.84 Å². The average Bonchev–Trinajstić information content (AvgIpc) is 2.18. The summed E-state index contributed by atoms with van der Waals surface area (Å²) in [6, 6.07) is 0. The zero-order valence-electron chi connectivity index (χ0n) is 9.54. The van der Waals surface area contributed by atoms with Gasteiger partial charge in [0.2, 0.25) is 0 Å². The number of aliphatic hydroxyl groups is 1. The van der Waals surface area contributed by atoms with Crippen LogP contribution in [0.25, 0.3) is 0 Å². The molecule has 0 aromatic rings. The van der Waals surface area contributed by atoms with Crippen LogP contribution in [0.15, 0.2) is 0 Å². The summed E-state index contributed by atoms with van der Waals surface area (Å²) < 4.78 is 4.93. The summed E-state index contributed by atoms with van der Waals surface area (Å²) in [5.74, 6) is -0.174. The van der Waals surface area contributed by atoms with E-state index in [4.69, 9.17) is 9.84 Å². The van der Waals surface area contributed by atoms with Gasteiger partial charge in [0.1, 0.15) is 0 Å². The predicted octanol–water partition coefficient (Wildman–Crippen LogP) is 2.50. The van der Waals surface area contributed by atoms with Gasteiger partial charge in [-0.3, -0.25) is 4.79 Å². The molecule has 0 heterocycles. The van der Waals surface area contributed by atoms with Gasteiger partial charge in [0.15, 0.2) is 0 Å². The van der Waals surface area contributed by atoms with Gasteiger partial charge in [-0.05, 0) is 26.2 Å². The van der Waals surface area contributed by atoms with E-state index in [0.717, 1.165) is 25.7 Å². The lowest BCUT2D eigenvalue weighted by molar-refractivity contribution is -0.147. The van der Waals surface area contributed by atoms with E-state index >= 15 is 0 Å². The van der Waals surface area contributed by atoms with E-state index in [1.165, 1.54) is 0 Å². The third kappa shape index (κ3) is 7.79. The third-order valence-electron chi connectivity index (χ3n) is 2.22. The minimum atomic E-state index is -0.121. The molecule has 0 aliphatic carbocycles. The van der Waals surface area contributed by atoms with Gasteiger partial charge in [-0.25, -0.2) is 0 Å². The second kappa shape index (κ2) is 9.16. The fourth-order valence-corrected chi connectivity index (χ4v) is 2.24. The molecule has 0 rings (SSSR count). The zero-order valence-corrected chi connectivity index (χ0v) is 11.1. The number of hydrogen-bond acceptors (Lipinski definition) is 3. The highest BCUT2D eigenvalue weighted by atomic mass is 79.9. The van der Waals surface area contributed by atoms with Gasteiger partial charge in [0.25, 0.3) is 0 Å². The number of carbonyl (C=O) groups is 1. The summed E-state index contributed by atoms with van der Waals surface area (Å²) in [6.45, 7) is 4.39. The molecule has 0 aliphatic rings. The molecule has 1 N–H and O–H groups in total. The van der Waals surface area contributed by atoms with Crippen molar-refractivity contribution >= 4 is 21.9 Å². The van der Waals surface area contributed by atoms with Gasteiger partial charge >= 0.3 is 5.97 Å². The number of hydrogen-bond donors (Lipinski definition) is 1. The Morgan fingerprint density at radius 3 is 2.67 bits per heavy atom. The van der Waals surface area contributed by atoms with Gasteiger partial charge in [-0.15, -0.1) is 0 Å². The minimum absolute atomic E-state index is 0.0524. The zero-order chi connectivity index (χ0) is 11.7. The SMILES string of the molecule is CCOC(=O)C(C)CC(Br)CCCCO. The molecule has 0 aliphatic heterocycles. The highest BCUT2D eigenvalue weighted by molar-refractivity contribution is 9.09. The smallest absolute Gasteiger partial charge is 0.308 e. The van der Waals surface area contributed by atoms with Crippen LogP contribution >= 0.6 is 15.9 Å². The van der Waals surface area contributed by atoms with Crippen LogP contribution < -0.4 is 0 Å². The molecule has 0 radical (unpaired) electrons. The first kappa shape index (κ1) is 14.9. The number of carbonyl (C=O) groups excluding carboxylic acids is 1. The first-order valence-electron chi connectivity index (χ1n) is 5.53. The normalized spacial score (nSPS) is 14.7. The van der Waals surface area contributed by atoms with Crippen LogP contribution in [0, 0.1) is 5.92 Å². The summed E-state index contributed by atoms with van der Waals surface area (Å²) in [4.78, 5) is 11.7. The molecule has 0 spiro atoms. The van der Waals surface area contributed by atoms with Crippen LogP contribution in [0.4, 0.5) is 0 Å². The molecule has 15 heavy (non-hydrogen) atoms. The maximum Gasteiger partial charge on any atom is 0.308 e. The van der Waals surface area contributed by atoms with Crippen molar-refractivity contribution in [3.8, 4) is 0 Å². The topological polar surface area (TPSA) is 46.5 Å². The maximum atomic E-state index is 11.3. The Labute approximate surface area is 100 Å². The number of alkyl halides is 1. The molecule has 4 heteroatoms. The lowest BCUT2D eigenvalue weighted by Gasteiger charge is -2.14. The molecule has 2 atom stereocenters. The van der Waals surface area contributed by atoms with Gasteiger partial charge in [0, 0.05) is 11.4 Å². The van der Waals surface area contributed by atoms with Gasteiger partial charge in [-0.2, -0.15) is 0 Å². The number of halogens is 1. The largest absolute Gasteiger partial charge is 0.466 e. The molecule has 0 bridgehead atoms. The summed E-state index contributed by atoms with van der Waals surface area (Å²) in [6.07, 6.45) is 3.60. The summed E-state index contributed by atoms with van der Waals surface area (Å²) >= 11 is 3.54. The molecule has 0 saturated heterocycles. The van der Waals surface area contributed by atoms with E-state index in [2.05, 4.69) is 15.9 Å². The summed E-state index contributed by atoms with van der Waals surface area (Å²) in [7, 11) is 0. The summed E-state index contributed by atoms with van der Waals surface area (Å²) in [5, 5.41) is 8.63. The Morgan fingerprint density at radius 2 is 2.13 bits per heavy atom. The molecule has 0 aromatic carbocycles. The van der Waals surface area contributed by atoms with E-state index in [1.807, 2.05) is 13.8 Å². The molecule has 90 valence electrons. The Hall–Kier alpha value is -0.0900. The highest BCUT2D eigenvalue weighted by Gasteiger charge is 2.17. The monoisotopic (exact) mass is 280 g/mol. The van der Waals surface area contributed by atoms with Crippen molar-refractivity contribution in [2.75, 3.05) is 13.2 Å². The fourth-order valence-electron chi connectivity index (χ4n) is 1.36. The molecule has 0 aromatic heterocycles. The van der Waals surface area contributed by atoms with E-state index in [9.17, 15) is 4.79 Å². The molecule has 0 fully saturated rings. The number of rotatable bonds is 8. The second-order valence-corrected chi connectivity index (χ2v) is 5.00. The summed E-state index contributed by atoms with van der Waals surface area (Å²) in [5.41, 5.74) is 0. The van der Waals surface area contributed by atoms with Crippen LogP contribution in [0.1, 0.15) is 39.5 Å². The molecule has 3 nitrogen and oxygen atoms in total. The Bertz CT molecular complexity index is 173. The van der Waals surface area contributed by atoms with E-state index in [0.29, 0.717) is 11.4 Å². The van der Waals surface area contributed by atoms with Crippen LogP contribution in [-0.2, 0) is 9.53 Å². The molecular weight excluding hydrogens is 260 g/mol. The van der Waals surface area contributed by atoms with Crippen molar-refractivity contribution in [1.29, 1.82) is 0 Å².